The number of nitrogens with one attached hydrogen (secondary N) is 2. The van der Waals surface area contributed by atoms with Gasteiger partial charge in [-0.05, 0) is 37.4 Å². The summed E-state index contributed by atoms with van der Waals surface area (Å²) in [6, 6.07) is 3.70. The van der Waals surface area contributed by atoms with Crippen LogP contribution in [0.25, 0.3) is 0 Å². The van der Waals surface area contributed by atoms with Gasteiger partial charge in [0.2, 0.25) is 15.9 Å². The molecule has 23 heavy (non-hydrogen) atoms. The van der Waals surface area contributed by atoms with E-state index in [-0.39, 0.29) is 11.9 Å². The number of anilines is 1. The molecule has 0 bridgehead atoms. The average Bonchev–Trinajstić information content (AvgIpc) is 2.92. The van der Waals surface area contributed by atoms with Gasteiger partial charge in [-0.3, -0.25) is 4.79 Å². The molecule has 2 N–H and O–H groups in total. The highest BCUT2D eigenvalue weighted by molar-refractivity contribution is 7.88. The molecular formula is C14H20N4O3S2. The van der Waals surface area contributed by atoms with Crippen molar-refractivity contribution >= 4 is 32.3 Å². The van der Waals surface area contributed by atoms with Crippen molar-refractivity contribution in [3.63, 3.8) is 0 Å². The van der Waals surface area contributed by atoms with Gasteiger partial charge in [-0.2, -0.15) is 5.26 Å². The van der Waals surface area contributed by atoms with Crippen LogP contribution in [0.15, 0.2) is 11.4 Å². The minimum absolute atomic E-state index is 0.0145. The number of nitriles is 1. The van der Waals surface area contributed by atoms with Crippen LogP contribution in [0.1, 0.15) is 24.8 Å². The molecule has 1 aliphatic heterocycles. The van der Waals surface area contributed by atoms with Gasteiger partial charge >= 0.3 is 0 Å². The first kappa shape index (κ1) is 17.9. The molecule has 0 spiro atoms. The molecule has 0 radical (unpaired) electrons. The van der Waals surface area contributed by atoms with E-state index in [4.69, 9.17) is 5.26 Å². The Bertz CT molecular complexity index is 685. The van der Waals surface area contributed by atoms with E-state index in [2.05, 4.69) is 14.9 Å². The fraction of sp³-hybridized carbons (Fsp3) is 0.571. The molecule has 0 unspecified atom stereocenters. The van der Waals surface area contributed by atoms with Crippen molar-refractivity contribution in [2.24, 2.45) is 0 Å². The van der Waals surface area contributed by atoms with E-state index < -0.39 is 10.0 Å². The summed E-state index contributed by atoms with van der Waals surface area (Å²) in [7, 11) is -3.16. The fourth-order valence-corrected chi connectivity index (χ4v) is 4.11. The van der Waals surface area contributed by atoms with Gasteiger partial charge in [-0.1, -0.05) is 0 Å². The van der Waals surface area contributed by atoms with Crippen molar-refractivity contribution in [3.8, 4) is 6.07 Å². The van der Waals surface area contributed by atoms with E-state index in [1.165, 1.54) is 17.6 Å². The number of rotatable bonds is 6. The first-order chi connectivity index (χ1) is 10.9. The molecule has 0 saturated carbocycles. The van der Waals surface area contributed by atoms with Crippen LogP contribution in [0.4, 0.5) is 5.00 Å². The van der Waals surface area contributed by atoms with Crippen LogP contribution in [-0.2, 0) is 14.8 Å². The van der Waals surface area contributed by atoms with E-state index in [1.54, 1.807) is 11.4 Å². The monoisotopic (exact) mass is 356 g/mol. The quantitative estimate of drug-likeness (QED) is 0.790. The first-order valence-corrected chi connectivity index (χ1v) is 10.1. The van der Waals surface area contributed by atoms with Crippen LogP contribution < -0.4 is 10.0 Å². The number of hydrogen-bond donors (Lipinski definition) is 2. The number of thiophene rings is 1. The number of likely N-dealkylation sites (tertiary alicyclic amines) is 1. The molecule has 1 amide bonds. The third kappa shape index (κ3) is 5.91. The highest BCUT2D eigenvalue weighted by Gasteiger charge is 2.21. The molecule has 1 aromatic rings. The number of carbonyl (C=O) groups excluding carboxylic acids is 1. The molecule has 7 nitrogen and oxygen atoms in total. The van der Waals surface area contributed by atoms with Gasteiger partial charge in [-0.25, -0.2) is 13.1 Å². The number of amides is 1. The second-order valence-corrected chi connectivity index (χ2v) is 8.28. The Morgan fingerprint density at radius 1 is 1.48 bits per heavy atom. The molecule has 1 aromatic heterocycles. The van der Waals surface area contributed by atoms with E-state index in [0.717, 1.165) is 25.9 Å². The van der Waals surface area contributed by atoms with Gasteiger partial charge in [0, 0.05) is 19.0 Å². The zero-order chi connectivity index (χ0) is 16.9. The Hall–Kier alpha value is -1.47. The predicted octanol–water partition coefficient (Wildman–Crippen LogP) is 0.962. The minimum atomic E-state index is -3.16. The Balaban J connectivity index is 1.71. The van der Waals surface area contributed by atoms with Gasteiger partial charge in [0.25, 0.3) is 0 Å². The lowest BCUT2D eigenvalue weighted by Gasteiger charge is -2.31. The number of sulfonamides is 1. The fourth-order valence-electron chi connectivity index (χ4n) is 2.52. The predicted molar refractivity (Wildman–Crippen MR) is 89.7 cm³/mol. The maximum Gasteiger partial charge on any atom is 0.226 e. The van der Waals surface area contributed by atoms with Gasteiger partial charge in [0.15, 0.2) is 0 Å². The molecule has 1 fully saturated rings. The Labute approximate surface area is 140 Å². The van der Waals surface area contributed by atoms with Crippen LogP contribution in [0, 0.1) is 11.3 Å². The zero-order valence-electron chi connectivity index (χ0n) is 12.9. The lowest BCUT2D eigenvalue weighted by Crippen LogP contribution is -2.44. The summed E-state index contributed by atoms with van der Waals surface area (Å²) in [5.41, 5.74) is 0.482. The van der Waals surface area contributed by atoms with Crippen LogP contribution in [-0.4, -0.2) is 51.2 Å². The highest BCUT2D eigenvalue weighted by atomic mass is 32.2. The summed E-state index contributed by atoms with van der Waals surface area (Å²) < 4.78 is 25.0. The Morgan fingerprint density at radius 3 is 2.78 bits per heavy atom. The average molecular weight is 356 g/mol. The summed E-state index contributed by atoms with van der Waals surface area (Å²) in [5.74, 6) is -0.111. The third-order valence-corrected chi connectivity index (χ3v) is 5.25. The Kier molecular flexibility index (Phi) is 6.12. The van der Waals surface area contributed by atoms with Crippen molar-refractivity contribution in [2.45, 2.75) is 25.3 Å². The molecule has 1 saturated heterocycles. The molecule has 126 valence electrons. The topological polar surface area (TPSA) is 102 Å². The second-order valence-electron chi connectivity index (χ2n) is 5.58. The SMILES string of the molecule is CS(=O)(=O)NC1CCN(CCC(=O)Nc2sccc2C#N)CC1. The number of nitrogens with zero attached hydrogens (tertiary/aromatic N) is 2. The number of carbonyl (C=O) groups is 1. The van der Waals surface area contributed by atoms with E-state index >= 15 is 0 Å². The van der Waals surface area contributed by atoms with Crippen LogP contribution in [0.3, 0.4) is 0 Å². The lowest BCUT2D eigenvalue weighted by atomic mass is 10.1. The molecule has 0 atom stereocenters. The number of piperidine rings is 1. The minimum Gasteiger partial charge on any atom is -0.317 e. The molecule has 2 heterocycles. The molecular weight excluding hydrogens is 336 g/mol. The van der Waals surface area contributed by atoms with Crippen LogP contribution >= 0.6 is 11.3 Å². The van der Waals surface area contributed by atoms with Crippen LogP contribution in [0.2, 0.25) is 0 Å². The van der Waals surface area contributed by atoms with Crippen LogP contribution in [0.5, 0.6) is 0 Å². The summed E-state index contributed by atoms with van der Waals surface area (Å²) in [6.45, 7) is 2.16. The van der Waals surface area contributed by atoms with Gasteiger partial charge in [0.1, 0.15) is 11.1 Å². The summed E-state index contributed by atoms with van der Waals surface area (Å²) >= 11 is 1.34. The third-order valence-electron chi connectivity index (χ3n) is 3.66. The molecule has 0 aromatic carbocycles. The maximum absolute atomic E-state index is 11.9. The van der Waals surface area contributed by atoms with Crippen molar-refractivity contribution in [3.05, 3.63) is 17.0 Å². The summed E-state index contributed by atoms with van der Waals surface area (Å²) in [6.07, 6.45) is 3.02. The number of hydrogen-bond acceptors (Lipinski definition) is 6. The summed E-state index contributed by atoms with van der Waals surface area (Å²) in [4.78, 5) is 14.1. The smallest absolute Gasteiger partial charge is 0.226 e. The standard InChI is InChI=1S/C14H20N4O3S2/c1-23(20,21)17-12-2-6-18(7-3-12)8-4-13(19)16-14-11(10-15)5-9-22-14/h5,9,12,17H,2-4,6-8H2,1H3,(H,16,19). The molecule has 2 rings (SSSR count). The Morgan fingerprint density at radius 2 is 2.17 bits per heavy atom. The molecule has 9 heteroatoms. The maximum atomic E-state index is 11.9. The van der Waals surface area contributed by atoms with Crippen molar-refractivity contribution in [1.82, 2.24) is 9.62 Å². The van der Waals surface area contributed by atoms with Crippen molar-refractivity contribution in [1.29, 1.82) is 5.26 Å². The van der Waals surface area contributed by atoms with Gasteiger partial charge in [0.05, 0.1) is 11.8 Å². The normalized spacial score (nSPS) is 16.9. The highest BCUT2D eigenvalue weighted by Crippen LogP contribution is 2.22. The lowest BCUT2D eigenvalue weighted by molar-refractivity contribution is -0.116. The largest absolute Gasteiger partial charge is 0.317 e. The van der Waals surface area contributed by atoms with E-state index in [9.17, 15) is 13.2 Å². The second kappa shape index (κ2) is 7.88. The van der Waals surface area contributed by atoms with E-state index in [1.807, 2.05) is 6.07 Å². The van der Waals surface area contributed by atoms with E-state index in [0.29, 0.717) is 23.5 Å². The first-order valence-electron chi connectivity index (χ1n) is 7.34. The van der Waals surface area contributed by atoms with Crippen molar-refractivity contribution in [2.75, 3.05) is 31.2 Å². The van der Waals surface area contributed by atoms with Gasteiger partial charge in [-0.15, -0.1) is 11.3 Å². The molecule has 1 aliphatic rings. The summed E-state index contributed by atoms with van der Waals surface area (Å²) in [5, 5.41) is 14.0. The zero-order valence-corrected chi connectivity index (χ0v) is 14.5. The van der Waals surface area contributed by atoms with Gasteiger partial charge < -0.3 is 10.2 Å². The van der Waals surface area contributed by atoms with Crippen molar-refractivity contribution < 1.29 is 13.2 Å². The molecule has 0 aliphatic carbocycles.